The second kappa shape index (κ2) is 10.7. The maximum Gasteiger partial charge on any atom is 0.340 e. The Morgan fingerprint density at radius 1 is 1.50 bits per heavy atom. The van der Waals surface area contributed by atoms with Crippen LogP contribution in [0.1, 0.15) is 6.92 Å². The van der Waals surface area contributed by atoms with E-state index < -0.39 is 36.7 Å². The van der Waals surface area contributed by atoms with E-state index in [0.29, 0.717) is 11.6 Å². The number of nitrogens with zero attached hydrogens (tertiary/aromatic N) is 2. The lowest BCUT2D eigenvalue weighted by Gasteiger charge is -2.26. The zero-order valence-electron chi connectivity index (χ0n) is 13.9. The molecule has 0 bridgehead atoms. The SMILES string of the molecule is CCOC1O[C@H]([C@@H](CNC(=O)N(CCCl)N=O)OC)[C@H](OC)[C@H]1O. The van der Waals surface area contributed by atoms with Crippen LogP contribution >= 0.6 is 11.6 Å². The Morgan fingerprint density at radius 3 is 2.71 bits per heavy atom. The van der Waals surface area contributed by atoms with Gasteiger partial charge in [-0.25, -0.2) is 4.79 Å². The van der Waals surface area contributed by atoms with Crippen molar-refractivity contribution in [3.05, 3.63) is 4.91 Å². The monoisotopic (exact) mass is 369 g/mol. The quantitative estimate of drug-likeness (QED) is 0.317. The van der Waals surface area contributed by atoms with Gasteiger partial charge in [-0.2, -0.15) is 5.01 Å². The highest BCUT2D eigenvalue weighted by molar-refractivity contribution is 6.18. The fraction of sp³-hybridized carbons (Fsp3) is 0.923. The first-order valence-corrected chi connectivity index (χ1v) is 8.02. The number of methoxy groups -OCH3 is 2. The van der Waals surface area contributed by atoms with Gasteiger partial charge in [-0.3, -0.25) is 0 Å². The van der Waals surface area contributed by atoms with Crippen LogP contribution < -0.4 is 5.32 Å². The fourth-order valence-corrected chi connectivity index (χ4v) is 2.57. The molecule has 2 N–H and O–H groups in total. The van der Waals surface area contributed by atoms with E-state index in [9.17, 15) is 14.8 Å². The van der Waals surface area contributed by atoms with Gasteiger partial charge >= 0.3 is 6.03 Å². The number of urea groups is 1. The Kier molecular flexibility index (Phi) is 9.41. The van der Waals surface area contributed by atoms with Crippen LogP contribution in [-0.4, -0.2) is 86.6 Å². The van der Waals surface area contributed by atoms with E-state index in [1.54, 1.807) is 6.92 Å². The third-order valence-electron chi connectivity index (χ3n) is 3.59. The molecular weight excluding hydrogens is 346 g/mol. The summed E-state index contributed by atoms with van der Waals surface area (Å²) < 4.78 is 21.5. The Hall–Kier alpha value is -1.04. The number of alkyl halides is 1. The molecule has 1 saturated heterocycles. The van der Waals surface area contributed by atoms with Crippen LogP contribution in [0.2, 0.25) is 0 Å². The summed E-state index contributed by atoms with van der Waals surface area (Å²) in [6, 6.07) is -0.707. The second-order valence-electron chi connectivity index (χ2n) is 4.97. The van der Waals surface area contributed by atoms with Crippen molar-refractivity contribution in [2.24, 2.45) is 5.29 Å². The number of amides is 2. The standard InChI is InChI=1S/C13H24ClN3O7/c1-4-23-12-9(18)11(22-3)10(24-12)8(21-2)7-15-13(19)17(16-20)6-5-14/h8-12,18H,4-7H2,1-3H3,(H,15,19)/t8-,9-,10-,11-,12?/m1/s1. The zero-order chi connectivity index (χ0) is 18.1. The van der Waals surface area contributed by atoms with Crippen molar-refractivity contribution in [1.82, 2.24) is 10.3 Å². The fourth-order valence-electron chi connectivity index (χ4n) is 2.41. The van der Waals surface area contributed by atoms with Crippen molar-refractivity contribution in [1.29, 1.82) is 0 Å². The van der Waals surface area contributed by atoms with E-state index in [0.717, 1.165) is 0 Å². The normalized spacial score (nSPS) is 27.7. The van der Waals surface area contributed by atoms with Gasteiger partial charge in [0.15, 0.2) is 6.29 Å². The Bertz CT molecular complexity index is 404. The first kappa shape index (κ1) is 21.0. The Balaban J connectivity index is 2.67. The van der Waals surface area contributed by atoms with Crippen LogP contribution in [0, 0.1) is 4.91 Å². The van der Waals surface area contributed by atoms with E-state index >= 15 is 0 Å². The van der Waals surface area contributed by atoms with Gasteiger partial charge in [0.1, 0.15) is 24.4 Å². The van der Waals surface area contributed by atoms with E-state index in [2.05, 4.69) is 10.6 Å². The lowest BCUT2D eigenvalue weighted by Crippen LogP contribution is -2.48. The second-order valence-corrected chi connectivity index (χ2v) is 5.35. The average molecular weight is 370 g/mol. The number of nitrogens with one attached hydrogen (secondary N) is 1. The smallest absolute Gasteiger partial charge is 0.340 e. The number of carbonyl (C=O) groups is 1. The maximum atomic E-state index is 11.8. The molecule has 0 spiro atoms. The molecule has 0 aliphatic carbocycles. The van der Waals surface area contributed by atoms with Crippen LogP contribution in [0.4, 0.5) is 4.79 Å². The van der Waals surface area contributed by atoms with E-state index in [-0.39, 0.29) is 19.0 Å². The number of aliphatic hydroxyl groups excluding tert-OH is 1. The minimum absolute atomic E-state index is 0.0136. The molecule has 1 fully saturated rings. The van der Waals surface area contributed by atoms with Crippen molar-refractivity contribution in [2.45, 2.75) is 37.6 Å². The summed E-state index contributed by atoms with van der Waals surface area (Å²) in [5, 5.41) is 15.9. The topological polar surface area (TPSA) is 119 Å². The highest BCUT2D eigenvalue weighted by Crippen LogP contribution is 2.27. The van der Waals surface area contributed by atoms with Gasteiger partial charge in [0.25, 0.3) is 0 Å². The van der Waals surface area contributed by atoms with Crippen molar-refractivity contribution in [3.63, 3.8) is 0 Å². The number of hydrogen-bond acceptors (Lipinski definition) is 8. The van der Waals surface area contributed by atoms with Gasteiger partial charge in [0.2, 0.25) is 0 Å². The lowest BCUT2D eigenvalue weighted by molar-refractivity contribution is -0.177. The number of rotatable bonds is 10. The first-order chi connectivity index (χ1) is 11.5. The van der Waals surface area contributed by atoms with Crippen molar-refractivity contribution in [2.75, 3.05) is 39.8 Å². The summed E-state index contributed by atoms with van der Waals surface area (Å²) in [5.74, 6) is 0.0760. The molecule has 0 aromatic carbocycles. The van der Waals surface area contributed by atoms with Crippen molar-refractivity contribution < 1.29 is 28.8 Å². The molecule has 0 saturated carbocycles. The zero-order valence-corrected chi connectivity index (χ0v) is 14.6. The number of nitroso groups, excluding NO2 is 1. The van der Waals surface area contributed by atoms with Gasteiger partial charge in [-0.1, -0.05) is 0 Å². The van der Waals surface area contributed by atoms with Gasteiger partial charge in [-0.05, 0) is 6.92 Å². The average Bonchev–Trinajstić information content (AvgIpc) is 2.89. The molecule has 1 heterocycles. The third kappa shape index (κ3) is 5.23. The molecule has 2 amide bonds. The largest absolute Gasteiger partial charge is 0.385 e. The highest BCUT2D eigenvalue weighted by Gasteiger charge is 2.48. The van der Waals surface area contributed by atoms with Gasteiger partial charge in [0.05, 0.1) is 11.8 Å². The van der Waals surface area contributed by atoms with Gasteiger partial charge in [0, 0.05) is 33.3 Å². The molecule has 10 nitrogen and oxygen atoms in total. The van der Waals surface area contributed by atoms with Crippen molar-refractivity contribution >= 4 is 17.6 Å². The predicted molar refractivity (Wildman–Crippen MR) is 84.5 cm³/mol. The number of hydrogen-bond donors (Lipinski definition) is 2. The summed E-state index contributed by atoms with van der Waals surface area (Å²) in [6.45, 7) is 2.13. The highest BCUT2D eigenvalue weighted by atomic mass is 35.5. The summed E-state index contributed by atoms with van der Waals surface area (Å²) in [6.07, 6.45) is -3.83. The summed E-state index contributed by atoms with van der Waals surface area (Å²) in [4.78, 5) is 22.4. The van der Waals surface area contributed by atoms with Crippen LogP contribution in [0.15, 0.2) is 5.29 Å². The van der Waals surface area contributed by atoms with Crippen LogP contribution in [-0.2, 0) is 18.9 Å². The Morgan fingerprint density at radius 2 is 2.21 bits per heavy atom. The van der Waals surface area contributed by atoms with E-state index in [1.165, 1.54) is 14.2 Å². The number of halogens is 1. The summed E-state index contributed by atoms with van der Waals surface area (Å²) in [7, 11) is 2.87. The van der Waals surface area contributed by atoms with Crippen LogP contribution in [0.3, 0.4) is 0 Å². The molecule has 0 radical (unpaired) electrons. The molecule has 1 rings (SSSR count). The molecule has 11 heteroatoms. The van der Waals surface area contributed by atoms with Gasteiger partial charge < -0.3 is 29.4 Å². The van der Waals surface area contributed by atoms with Crippen molar-refractivity contribution in [3.8, 4) is 0 Å². The number of carbonyl (C=O) groups excluding carboxylic acids is 1. The summed E-state index contributed by atoms with van der Waals surface area (Å²) >= 11 is 5.49. The Labute approximate surface area is 145 Å². The molecule has 1 unspecified atom stereocenters. The molecule has 5 atom stereocenters. The molecule has 24 heavy (non-hydrogen) atoms. The van der Waals surface area contributed by atoms with E-state index in [1.807, 2.05) is 0 Å². The number of ether oxygens (including phenoxy) is 4. The predicted octanol–water partition coefficient (Wildman–Crippen LogP) is 0.0705. The minimum Gasteiger partial charge on any atom is -0.385 e. The van der Waals surface area contributed by atoms with Gasteiger partial charge in [-0.15, -0.1) is 16.5 Å². The maximum absolute atomic E-state index is 11.8. The first-order valence-electron chi connectivity index (χ1n) is 7.49. The van der Waals surface area contributed by atoms with Crippen LogP contribution in [0.5, 0.6) is 0 Å². The molecule has 1 aliphatic rings. The van der Waals surface area contributed by atoms with Crippen LogP contribution in [0.25, 0.3) is 0 Å². The molecule has 0 aromatic rings. The molecule has 0 aromatic heterocycles. The minimum atomic E-state index is -0.988. The molecule has 140 valence electrons. The summed E-state index contributed by atoms with van der Waals surface area (Å²) in [5.41, 5.74) is 0. The number of aliphatic hydroxyl groups is 1. The molecule has 1 aliphatic heterocycles. The molecular formula is C13H24ClN3O7. The lowest BCUT2D eigenvalue weighted by atomic mass is 10.1. The third-order valence-corrected chi connectivity index (χ3v) is 3.76. The van der Waals surface area contributed by atoms with E-state index in [4.69, 9.17) is 30.5 Å².